The molecule has 7 nitrogen and oxygen atoms in total. The number of fused-ring (bicyclic) bond motifs is 1. The molecule has 0 aliphatic heterocycles. The first kappa shape index (κ1) is 19.8. The topological polar surface area (TPSA) is 70.0 Å². The zero-order valence-corrected chi connectivity index (χ0v) is 16.0. The maximum atomic E-state index is 13.1. The van der Waals surface area contributed by atoms with Crippen molar-refractivity contribution in [1.29, 1.82) is 0 Å². The number of amides is 1. The Balaban J connectivity index is 2.73. The van der Waals surface area contributed by atoms with Crippen LogP contribution in [-0.4, -0.2) is 56.4 Å². The standard InChI is InChI=1S/C19H26N2O5/c1-6-20(8-9-24-3)19(23)15-12-21(7-2)18(22)14-11-17(26-5)16(25-4)10-13(14)15/h10-12H,6-9H2,1-5H3. The zero-order chi connectivity index (χ0) is 19.3. The molecule has 0 saturated heterocycles. The summed E-state index contributed by atoms with van der Waals surface area (Å²) in [5.74, 6) is 0.780. The number of ether oxygens (including phenoxy) is 3. The van der Waals surface area contributed by atoms with Crippen molar-refractivity contribution >= 4 is 16.7 Å². The van der Waals surface area contributed by atoms with E-state index in [0.29, 0.717) is 54.1 Å². The third kappa shape index (κ3) is 3.67. The first-order valence-corrected chi connectivity index (χ1v) is 8.59. The van der Waals surface area contributed by atoms with Gasteiger partial charge in [-0.25, -0.2) is 0 Å². The number of pyridine rings is 1. The van der Waals surface area contributed by atoms with Crippen LogP contribution < -0.4 is 15.0 Å². The summed E-state index contributed by atoms with van der Waals surface area (Å²) in [5.41, 5.74) is 0.292. The van der Waals surface area contributed by atoms with Gasteiger partial charge >= 0.3 is 0 Å². The second-order valence-corrected chi connectivity index (χ2v) is 5.76. The number of hydrogen-bond donors (Lipinski definition) is 0. The fourth-order valence-corrected chi connectivity index (χ4v) is 2.90. The van der Waals surface area contributed by atoms with Gasteiger partial charge in [0, 0.05) is 38.3 Å². The molecule has 1 amide bonds. The molecule has 0 atom stereocenters. The second-order valence-electron chi connectivity index (χ2n) is 5.76. The molecule has 0 N–H and O–H groups in total. The number of hydrogen-bond acceptors (Lipinski definition) is 5. The lowest BCUT2D eigenvalue weighted by Gasteiger charge is -2.22. The Hall–Kier alpha value is -2.54. The number of carbonyl (C=O) groups excluding carboxylic acids is 1. The predicted molar refractivity (Wildman–Crippen MR) is 100 cm³/mol. The Bertz CT molecular complexity index is 844. The summed E-state index contributed by atoms with van der Waals surface area (Å²) in [6, 6.07) is 3.32. The summed E-state index contributed by atoms with van der Waals surface area (Å²) < 4.78 is 17.3. The smallest absolute Gasteiger partial charge is 0.258 e. The van der Waals surface area contributed by atoms with E-state index >= 15 is 0 Å². The molecule has 2 aromatic rings. The summed E-state index contributed by atoms with van der Waals surface area (Å²) >= 11 is 0. The average molecular weight is 362 g/mol. The molecule has 1 aromatic heterocycles. The first-order chi connectivity index (χ1) is 12.5. The maximum absolute atomic E-state index is 13.1. The number of carbonyl (C=O) groups is 1. The van der Waals surface area contributed by atoms with Gasteiger partial charge in [0.25, 0.3) is 11.5 Å². The van der Waals surface area contributed by atoms with Gasteiger partial charge in [-0.2, -0.15) is 0 Å². The van der Waals surface area contributed by atoms with Gasteiger partial charge in [0.15, 0.2) is 11.5 Å². The van der Waals surface area contributed by atoms with Crippen LogP contribution in [0.15, 0.2) is 23.1 Å². The second kappa shape index (κ2) is 8.71. The molecule has 1 aromatic carbocycles. The summed E-state index contributed by atoms with van der Waals surface area (Å²) in [6.45, 7) is 5.71. The fraction of sp³-hybridized carbons (Fsp3) is 0.474. The van der Waals surface area contributed by atoms with Crippen LogP contribution in [0, 0.1) is 0 Å². The van der Waals surface area contributed by atoms with Gasteiger partial charge in [-0.1, -0.05) is 0 Å². The van der Waals surface area contributed by atoms with Crippen LogP contribution in [0.2, 0.25) is 0 Å². The minimum absolute atomic E-state index is 0.149. The fourth-order valence-electron chi connectivity index (χ4n) is 2.90. The van der Waals surface area contributed by atoms with Crippen LogP contribution in [-0.2, 0) is 11.3 Å². The number of nitrogens with zero attached hydrogens (tertiary/aromatic N) is 2. The van der Waals surface area contributed by atoms with Gasteiger partial charge in [-0.3, -0.25) is 9.59 Å². The Labute approximate surface area is 153 Å². The molecule has 7 heteroatoms. The Morgan fingerprint density at radius 2 is 1.69 bits per heavy atom. The lowest BCUT2D eigenvalue weighted by atomic mass is 10.0. The van der Waals surface area contributed by atoms with Crippen molar-refractivity contribution in [2.75, 3.05) is 41.0 Å². The highest BCUT2D eigenvalue weighted by Crippen LogP contribution is 2.32. The molecule has 0 radical (unpaired) electrons. The highest BCUT2D eigenvalue weighted by atomic mass is 16.5. The van der Waals surface area contributed by atoms with Gasteiger partial charge in [0.2, 0.25) is 0 Å². The van der Waals surface area contributed by atoms with Crippen molar-refractivity contribution in [2.24, 2.45) is 0 Å². The molecule has 0 aliphatic rings. The SMILES string of the molecule is CCN(CCOC)C(=O)c1cn(CC)c(=O)c2cc(OC)c(OC)cc12. The lowest BCUT2D eigenvalue weighted by molar-refractivity contribution is 0.0707. The molecule has 26 heavy (non-hydrogen) atoms. The van der Waals surface area contributed by atoms with E-state index in [-0.39, 0.29) is 11.5 Å². The van der Waals surface area contributed by atoms with Crippen molar-refractivity contribution in [2.45, 2.75) is 20.4 Å². The number of aryl methyl sites for hydroxylation is 1. The van der Waals surface area contributed by atoms with Gasteiger partial charge < -0.3 is 23.7 Å². The van der Waals surface area contributed by atoms with Crippen LogP contribution in [0.1, 0.15) is 24.2 Å². The average Bonchev–Trinajstić information content (AvgIpc) is 2.67. The van der Waals surface area contributed by atoms with Gasteiger partial charge in [0.1, 0.15) is 0 Å². The predicted octanol–water partition coefficient (Wildman–Crippen LogP) is 2.15. The van der Waals surface area contributed by atoms with Crippen molar-refractivity contribution < 1.29 is 19.0 Å². The van der Waals surface area contributed by atoms with Crippen LogP contribution in [0.5, 0.6) is 11.5 Å². The summed E-state index contributed by atoms with van der Waals surface area (Å²) in [4.78, 5) is 27.5. The molecule has 0 unspecified atom stereocenters. The molecular weight excluding hydrogens is 336 g/mol. The molecule has 0 saturated carbocycles. The summed E-state index contributed by atoms with van der Waals surface area (Å²) in [7, 11) is 4.64. The monoisotopic (exact) mass is 362 g/mol. The third-order valence-corrected chi connectivity index (χ3v) is 4.40. The lowest BCUT2D eigenvalue weighted by Crippen LogP contribution is -2.35. The molecule has 0 bridgehead atoms. The van der Waals surface area contributed by atoms with Gasteiger partial charge in [-0.05, 0) is 26.0 Å². The molecular formula is C19H26N2O5. The Morgan fingerprint density at radius 3 is 2.19 bits per heavy atom. The van der Waals surface area contributed by atoms with E-state index in [1.165, 1.54) is 18.8 Å². The number of likely N-dealkylation sites (N-methyl/N-ethyl adjacent to an activating group) is 1. The molecule has 1 heterocycles. The Kier molecular flexibility index (Phi) is 6.63. The van der Waals surface area contributed by atoms with E-state index in [2.05, 4.69) is 0 Å². The van der Waals surface area contributed by atoms with Crippen molar-refractivity contribution in [3.8, 4) is 11.5 Å². The Morgan fingerprint density at radius 1 is 1.08 bits per heavy atom. The van der Waals surface area contributed by atoms with Crippen LogP contribution in [0.3, 0.4) is 0 Å². The van der Waals surface area contributed by atoms with Gasteiger partial charge in [0.05, 0.1) is 31.8 Å². The minimum Gasteiger partial charge on any atom is -0.493 e. The molecule has 142 valence electrons. The molecule has 0 aliphatic carbocycles. The van der Waals surface area contributed by atoms with Crippen molar-refractivity contribution in [1.82, 2.24) is 9.47 Å². The summed E-state index contributed by atoms with van der Waals surface area (Å²) in [6.07, 6.45) is 1.62. The molecule has 0 fully saturated rings. The minimum atomic E-state index is -0.167. The molecule has 0 spiro atoms. The molecule has 2 rings (SSSR count). The van der Waals surface area contributed by atoms with Crippen LogP contribution in [0.25, 0.3) is 10.8 Å². The zero-order valence-electron chi connectivity index (χ0n) is 16.0. The van der Waals surface area contributed by atoms with E-state index in [1.807, 2.05) is 13.8 Å². The van der Waals surface area contributed by atoms with Gasteiger partial charge in [-0.15, -0.1) is 0 Å². The van der Waals surface area contributed by atoms with Crippen molar-refractivity contribution in [3.05, 3.63) is 34.2 Å². The largest absolute Gasteiger partial charge is 0.493 e. The highest BCUT2D eigenvalue weighted by molar-refractivity contribution is 6.07. The van der Waals surface area contributed by atoms with Crippen molar-refractivity contribution in [3.63, 3.8) is 0 Å². The van der Waals surface area contributed by atoms with E-state index in [9.17, 15) is 9.59 Å². The van der Waals surface area contributed by atoms with E-state index in [4.69, 9.17) is 14.2 Å². The van der Waals surface area contributed by atoms with E-state index in [1.54, 1.807) is 30.3 Å². The number of aromatic nitrogens is 1. The first-order valence-electron chi connectivity index (χ1n) is 8.59. The number of benzene rings is 1. The van der Waals surface area contributed by atoms with Crippen LogP contribution in [0.4, 0.5) is 0 Å². The van der Waals surface area contributed by atoms with E-state index < -0.39 is 0 Å². The summed E-state index contributed by atoms with van der Waals surface area (Å²) in [5, 5.41) is 0.983. The normalized spacial score (nSPS) is 10.8. The third-order valence-electron chi connectivity index (χ3n) is 4.40. The number of rotatable bonds is 8. The maximum Gasteiger partial charge on any atom is 0.258 e. The van der Waals surface area contributed by atoms with E-state index in [0.717, 1.165) is 0 Å². The quantitative estimate of drug-likeness (QED) is 0.720. The number of methoxy groups -OCH3 is 3. The van der Waals surface area contributed by atoms with Crippen LogP contribution >= 0.6 is 0 Å². The highest BCUT2D eigenvalue weighted by Gasteiger charge is 2.21.